The second-order valence-corrected chi connectivity index (χ2v) is 5.07. The van der Waals surface area contributed by atoms with E-state index in [0.717, 1.165) is 16.6 Å². The lowest BCUT2D eigenvalue weighted by atomic mass is 10.1. The van der Waals surface area contributed by atoms with Crippen molar-refractivity contribution in [3.05, 3.63) is 51.7 Å². The number of hydrogen-bond acceptors (Lipinski definition) is 3. The molecule has 1 unspecified atom stereocenters. The maximum absolute atomic E-state index is 13.5. The highest BCUT2D eigenvalue weighted by Gasteiger charge is 2.12. The van der Waals surface area contributed by atoms with Gasteiger partial charge >= 0.3 is 0 Å². The van der Waals surface area contributed by atoms with Crippen LogP contribution in [0.1, 0.15) is 23.4 Å². The molecule has 0 radical (unpaired) electrons. The highest BCUT2D eigenvalue weighted by atomic mass is 32.1. The van der Waals surface area contributed by atoms with E-state index in [2.05, 4.69) is 5.32 Å². The largest absolute Gasteiger partial charge is 0.398 e. The van der Waals surface area contributed by atoms with Crippen LogP contribution < -0.4 is 11.1 Å². The fraction of sp³-hybridized carbons (Fsp3) is 0.231. The number of hydrogen-bond donors (Lipinski definition) is 2. The third-order valence-corrected chi connectivity index (χ3v) is 3.71. The van der Waals surface area contributed by atoms with Crippen molar-refractivity contribution in [2.75, 3.05) is 5.73 Å². The summed E-state index contributed by atoms with van der Waals surface area (Å²) in [4.78, 5) is 1.02. The molecular formula is C13H14F2N2S. The molecule has 0 saturated carbocycles. The van der Waals surface area contributed by atoms with Gasteiger partial charge in [0.05, 0.1) is 0 Å². The van der Waals surface area contributed by atoms with Crippen molar-refractivity contribution in [1.82, 2.24) is 5.32 Å². The molecule has 0 aliphatic carbocycles. The molecule has 1 heterocycles. The second kappa shape index (κ2) is 5.46. The molecule has 0 aliphatic rings. The Kier molecular flexibility index (Phi) is 3.93. The van der Waals surface area contributed by atoms with E-state index in [1.807, 2.05) is 18.4 Å². The summed E-state index contributed by atoms with van der Waals surface area (Å²) in [6.07, 6.45) is 0. The van der Waals surface area contributed by atoms with E-state index in [1.165, 1.54) is 12.1 Å². The summed E-state index contributed by atoms with van der Waals surface area (Å²) in [6, 6.07) is 5.25. The highest BCUT2D eigenvalue weighted by Crippen LogP contribution is 2.21. The minimum Gasteiger partial charge on any atom is -0.398 e. The Morgan fingerprint density at radius 3 is 2.72 bits per heavy atom. The van der Waals surface area contributed by atoms with E-state index in [4.69, 9.17) is 5.73 Å². The van der Waals surface area contributed by atoms with Gasteiger partial charge in [-0.2, -0.15) is 0 Å². The van der Waals surface area contributed by atoms with Crippen molar-refractivity contribution < 1.29 is 8.78 Å². The van der Waals surface area contributed by atoms with E-state index >= 15 is 0 Å². The second-order valence-electron chi connectivity index (χ2n) is 4.07. The highest BCUT2D eigenvalue weighted by molar-refractivity contribution is 7.10. The van der Waals surface area contributed by atoms with Gasteiger partial charge in [0.2, 0.25) is 0 Å². The average Bonchev–Trinajstić information content (AvgIpc) is 2.72. The van der Waals surface area contributed by atoms with Gasteiger partial charge in [-0.05, 0) is 24.4 Å². The summed E-state index contributed by atoms with van der Waals surface area (Å²) in [5, 5.41) is 5.08. The zero-order chi connectivity index (χ0) is 13.1. The van der Waals surface area contributed by atoms with Gasteiger partial charge in [0.25, 0.3) is 0 Å². The minimum atomic E-state index is -0.564. The molecule has 1 aromatic heterocycles. The first-order valence-corrected chi connectivity index (χ1v) is 6.46. The monoisotopic (exact) mass is 268 g/mol. The van der Waals surface area contributed by atoms with Crippen LogP contribution in [0.25, 0.3) is 0 Å². The first kappa shape index (κ1) is 13.0. The number of nitrogen functional groups attached to an aromatic ring is 1. The summed E-state index contributed by atoms with van der Waals surface area (Å²) >= 11 is 1.55. The van der Waals surface area contributed by atoms with Crippen molar-refractivity contribution in [3.63, 3.8) is 0 Å². The van der Waals surface area contributed by atoms with Gasteiger partial charge in [-0.1, -0.05) is 6.07 Å². The molecule has 2 rings (SSSR count). The van der Waals surface area contributed by atoms with Crippen LogP contribution in [0.2, 0.25) is 0 Å². The van der Waals surface area contributed by atoms with Crippen LogP contribution in [0.4, 0.5) is 14.5 Å². The predicted octanol–water partition coefficient (Wildman–Crippen LogP) is 3.46. The van der Waals surface area contributed by atoms with Gasteiger partial charge in [-0.15, -0.1) is 11.3 Å². The molecule has 5 heteroatoms. The zero-order valence-corrected chi connectivity index (χ0v) is 10.7. The molecule has 1 aromatic carbocycles. The van der Waals surface area contributed by atoms with Crippen molar-refractivity contribution in [2.24, 2.45) is 0 Å². The Morgan fingerprint density at radius 1 is 1.33 bits per heavy atom. The number of benzene rings is 1. The zero-order valence-electron chi connectivity index (χ0n) is 9.91. The normalized spacial score (nSPS) is 12.6. The van der Waals surface area contributed by atoms with Crippen molar-refractivity contribution in [1.29, 1.82) is 0 Å². The van der Waals surface area contributed by atoms with Crippen LogP contribution in [0, 0.1) is 11.6 Å². The fourth-order valence-corrected chi connectivity index (χ4v) is 2.45. The fourth-order valence-electron chi connectivity index (χ4n) is 1.70. The molecule has 96 valence electrons. The molecule has 0 spiro atoms. The van der Waals surface area contributed by atoms with E-state index in [9.17, 15) is 8.78 Å². The molecule has 2 nitrogen and oxygen atoms in total. The average molecular weight is 268 g/mol. The van der Waals surface area contributed by atoms with E-state index in [1.54, 1.807) is 11.3 Å². The molecule has 3 N–H and O–H groups in total. The van der Waals surface area contributed by atoms with Crippen LogP contribution in [0.15, 0.2) is 29.6 Å². The Bertz CT molecular complexity index is 540. The molecule has 0 bridgehead atoms. The van der Waals surface area contributed by atoms with Gasteiger partial charge in [-0.25, -0.2) is 8.78 Å². The summed E-state index contributed by atoms with van der Waals surface area (Å²) in [5.41, 5.74) is 6.95. The summed E-state index contributed by atoms with van der Waals surface area (Å²) in [7, 11) is 0. The molecule has 18 heavy (non-hydrogen) atoms. The van der Waals surface area contributed by atoms with Gasteiger partial charge in [0.15, 0.2) is 0 Å². The Balaban J connectivity index is 2.03. The van der Waals surface area contributed by atoms with Gasteiger partial charge in [-0.3, -0.25) is 0 Å². The summed E-state index contributed by atoms with van der Waals surface area (Å²) < 4.78 is 26.3. The van der Waals surface area contributed by atoms with Gasteiger partial charge in [0, 0.05) is 34.8 Å². The van der Waals surface area contributed by atoms with E-state index < -0.39 is 11.6 Å². The van der Waals surface area contributed by atoms with Gasteiger partial charge in [0.1, 0.15) is 11.6 Å². The molecule has 0 saturated heterocycles. The molecular weight excluding hydrogens is 254 g/mol. The van der Waals surface area contributed by atoms with Crippen LogP contribution in [-0.2, 0) is 6.54 Å². The summed E-state index contributed by atoms with van der Waals surface area (Å²) in [5.74, 6) is -1.10. The Morgan fingerprint density at radius 2 is 2.11 bits per heavy atom. The topological polar surface area (TPSA) is 38.0 Å². The Labute approximate surface area is 108 Å². The number of thiophene rings is 1. The minimum absolute atomic E-state index is 0.202. The SMILES string of the molecule is CC(NCc1sccc1N)c1ccc(F)cc1F. The molecule has 0 fully saturated rings. The number of anilines is 1. The van der Waals surface area contributed by atoms with Crippen LogP contribution in [0.5, 0.6) is 0 Å². The van der Waals surface area contributed by atoms with Crippen molar-refractivity contribution >= 4 is 17.0 Å². The lowest BCUT2D eigenvalue weighted by molar-refractivity contribution is 0.519. The maximum atomic E-state index is 13.5. The van der Waals surface area contributed by atoms with E-state index in [0.29, 0.717) is 12.1 Å². The molecule has 1 atom stereocenters. The third kappa shape index (κ3) is 2.86. The standard InChI is InChI=1S/C13H14F2N2S/c1-8(10-3-2-9(14)6-11(10)15)17-7-13-12(16)4-5-18-13/h2-6,8,17H,7,16H2,1H3. The van der Waals surface area contributed by atoms with Crippen LogP contribution in [-0.4, -0.2) is 0 Å². The predicted molar refractivity (Wildman–Crippen MR) is 70.3 cm³/mol. The number of nitrogens with two attached hydrogens (primary N) is 1. The van der Waals surface area contributed by atoms with Crippen LogP contribution >= 0.6 is 11.3 Å². The van der Waals surface area contributed by atoms with Crippen molar-refractivity contribution in [2.45, 2.75) is 19.5 Å². The lowest BCUT2D eigenvalue weighted by Crippen LogP contribution is -2.19. The lowest BCUT2D eigenvalue weighted by Gasteiger charge is -2.14. The number of nitrogens with one attached hydrogen (secondary N) is 1. The quantitative estimate of drug-likeness (QED) is 0.891. The third-order valence-electron chi connectivity index (χ3n) is 2.78. The maximum Gasteiger partial charge on any atom is 0.130 e. The molecule has 0 amide bonds. The van der Waals surface area contributed by atoms with Crippen LogP contribution in [0.3, 0.4) is 0 Å². The number of rotatable bonds is 4. The van der Waals surface area contributed by atoms with Gasteiger partial charge < -0.3 is 11.1 Å². The smallest absolute Gasteiger partial charge is 0.130 e. The first-order valence-electron chi connectivity index (χ1n) is 5.58. The molecule has 0 aliphatic heterocycles. The summed E-state index contributed by atoms with van der Waals surface area (Å²) in [6.45, 7) is 2.40. The Hall–Kier alpha value is -1.46. The molecule has 2 aromatic rings. The number of halogens is 2. The van der Waals surface area contributed by atoms with E-state index in [-0.39, 0.29) is 6.04 Å². The first-order chi connectivity index (χ1) is 8.58. The van der Waals surface area contributed by atoms with Crippen molar-refractivity contribution in [3.8, 4) is 0 Å².